The van der Waals surface area contributed by atoms with E-state index in [2.05, 4.69) is 5.32 Å². The number of amides is 4. The summed E-state index contributed by atoms with van der Waals surface area (Å²) in [5.74, 6) is -1.82. The van der Waals surface area contributed by atoms with Crippen molar-refractivity contribution in [3.63, 3.8) is 0 Å². The highest BCUT2D eigenvalue weighted by molar-refractivity contribution is 6.00. The third-order valence-corrected chi connectivity index (χ3v) is 6.62. The smallest absolute Gasteiger partial charge is 0.246 e. The van der Waals surface area contributed by atoms with Crippen LogP contribution in [0.2, 0.25) is 0 Å². The van der Waals surface area contributed by atoms with Gasteiger partial charge in [0.1, 0.15) is 12.1 Å². The summed E-state index contributed by atoms with van der Waals surface area (Å²) in [6.45, 7) is 3.37. The van der Waals surface area contributed by atoms with E-state index in [4.69, 9.17) is 5.73 Å². The minimum absolute atomic E-state index is 0.0432. The highest BCUT2D eigenvalue weighted by atomic mass is 16.2. The molecule has 0 aromatic heterocycles. The van der Waals surface area contributed by atoms with Crippen LogP contribution < -0.4 is 11.1 Å². The molecule has 2 aliphatic heterocycles. The molecule has 0 aromatic carbocycles. The van der Waals surface area contributed by atoms with Crippen molar-refractivity contribution in [1.29, 1.82) is 0 Å². The highest BCUT2D eigenvalue weighted by Crippen LogP contribution is 2.34. The number of nitrogens with one attached hydrogen (secondary N) is 1. The molecule has 4 amide bonds. The maximum absolute atomic E-state index is 13.3. The van der Waals surface area contributed by atoms with E-state index in [0.717, 1.165) is 25.7 Å². The summed E-state index contributed by atoms with van der Waals surface area (Å²) in [4.78, 5) is 64.6. The molecule has 0 spiro atoms. The third kappa shape index (κ3) is 4.49. The Morgan fingerprint density at radius 2 is 1.83 bits per heavy atom. The van der Waals surface area contributed by atoms with Crippen LogP contribution in [0, 0.1) is 18.3 Å². The fraction of sp³-hybridized carbons (Fsp3) is 0.714. The first-order valence-corrected chi connectivity index (χ1v) is 10.7. The first kappa shape index (κ1) is 22.2. The monoisotopic (exact) mass is 419 g/mol. The molecular weight excluding hydrogens is 388 g/mol. The lowest BCUT2D eigenvalue weighted by atomic mass is 9.96. The van der Waals surface area contributed by atoms with Gasteiger partial charge in [0.15, 0.2) is 5.78 Å². The fourth-order valence-corrected chi connectivity index (χ4v) is 4.94. The Balaban J connectivity index is 1.69. The van der Waals surface area contributed by atoms with E-state index in [0.29, 0.717) is 13.0 Å². The van der Waals surface area contributed by atoms with Gasteiger partial charge in [0.25, 0.3) is 0 Å². The quantitative estimate of drug-likeness (QED) is 0.589. The lowest BCUT2D eigenvalue weighted by molar-refractivity contribution is -0.139. The number of nitrogens with two attached hydrogens (primary N) is 1. The van der Waals surface area contributed by atoms with Gasteiger partial charge in [-0.3, -0.25) is 24.0 Å². The second kappa shape index (κ2) is 9.14. The van der Waals surface area contributed by atoms with Crippen LogP contribution in [-0.4, -0.2) is 70.4 Å². The molecule has 2 saturated heterocycles. The van der Waals surface area contributed by atoms with Crippen molar-refractivity contribution in [2.24, 2.45) is 17.6 Å². The molecule has 3 rings (SSSR count). The number of hydrogen-bond acceptors (Lipinski definition) is 5. The van der Waals surface area contributed by atoms with Gasteiger partial charge in [0, 0.05) is 19.4 Å². The predicted octanol–water partition coefficient (Wildman–Crippen LogP) is -0.222. The molecule has 0 aromatic rings. The van der Waals surface area contributed by atoms with E-state index < -0.39 is 23.9 Å². The van der Waals surface area contributed by atoms with Crippen LogP contribution in [0.1, 0.15) is 52.4 Å². The molecule has 4 atom stereocenters. The summed E-state index contributed by atoms with van der Waals surface area (Å²) in [6.07, 6.45) is 5.94. The van der Waals surface area contributed by atoms with Crippen molar-refractivity contribution in [2.75, 3.05) is 13.1 Å². The summed E-state index contributed by atoms with van der Waals surface area (Å²) in [5.41, 5.74) is 5.24. The van der Waals surface area contributed by atoms with E-state index in [9.17, 15) is 24.0 Å². The van der Waals surface area contributed by atoms with Gasteiger partial charge in [-0.1, -0.05) is 19.8 Å². The Morgan fingerprint density at radius 1 is 1.17 bits per heavy atom. The number of carbonyl (C=O) groups is 5. The number of fused-ring (bicyclic) bond motifs is 1. The standard InChI is InChI=1S/C21H31N4O5/c1-12(20(22)29)7-8-17(28)24-10-9-15-19(24)16(27)11-25(15)21(30)18(23-13(2)26)14-5-3-4-6-14/h8,12,14-15,18-19H,3-7,9-11H2,1-2H3,(H2,22,29)(H,23,26). The number of likely N-dealkylation sites (tertiary alicyclic amines) is 2. The van der Waals surface area contributed by atoms with E-state index in [1.54, 1.807) is 11.8 Å². The second-order valence-electron chi connectivity index (χ2n) is 8.73. The Morgan fingerprint density at radius 3 is 2.43 bits per heavy atom. The zero-order chi connectivity index (χ0) is 22.0. The summed E-state index contributed by atoms with van der Waals surface area (Å²) < 4.78 is 0. The lowest BCUT2D eigenvalue weighted by Gasteiger charge is -2.31. The molecule has 9 heteroatoms. The van der Waals surface area contributed by atoms with Crippen LogP contribution in [0.4, 0.5) is 0 Å². The van der Waals surface area contributed by atoms with Crippen LogP contribution in [0.15, 0.2) is 0 Å². The first-order valence-electron chi connectivity index (χ1n) is 10.7. The minimum atomic E-state index is -0.664. The number of Topliss-reactive ketones (excluding diaryl/α,β-unsaturated/α-hetero) is 1. The van der Waals surface area contributed by atoms with E-state index in [1.165, 1.54) is 18.2 Å². The van der Waals surface area contributed by atoms with Crippen molar-refractivity contribution in [3.05, 3.63) is 6.42 Å². The molecule has 2 heterocycles. The Labute approximate surface area is 176 Å². The Kier molecular flexibility index (Phi) is 6.77. The van der Waals surface area contributed by atoms with Crippen molar-refractivity contribution in [1.82, 2.24) is 15.1 Å². The van der Waals surface area contributed by atoms with Crippen LogP contribution in [0.25, 0.3) is 0 Å². The lowest BCUT2D eigenvalue weighted by Crippen LogP contribution is -2.53. The Hall–Kier alpha value is -2.45. The maximum Gasteiger partial charge on any atom is 0.246 e. The number of hydrogen-bond donors (Lipinski definition) is 2. The van der Waals surface area contributed by atoms with E-state index in [-0.39, 0.29) is 48.4 Å². The zero-order valence-electron chi connectivity index (χ0n) is 17.6. The van der Waals surface area contributed by atoms with Crippen molar-refractivity contribution < 1.29 is 24.0 Å². The fourth-order valence-electron chi connectivity index (χ4n) is 4.94. The third-order valence-electron chi connectivity index (χ3n) is 6.62. The molecule has 1 radical (unpaired) electrons. The zero-order valence-corrected chi connectivity index (χ0v) is 17.6. The number of carbonyl (C=O) groups excluding carboxylic acids is 5. The molecule has 165 valence electrons. The van der Waals surface area contributed by atoms with Gasteiger partial charge in [-0.25, -0.2) is 0 Å². The van der Waals surface area contributed by atoms with Gasteiger partial charge in [0.2, 0.25) is 23.6 Å². The van der Waals surface area contributed by atoms with Gasteiger partial charge >= 0.3 is 0 Å². The van der Waals surface area contributed by atoms with Crippen molar-refractivity contribution in [3.8, 4) is 0 Å². The average molecular weight is 420 g/mol. The molecule has 3 fully saturated rings. The summed E-state index contributed by atoms with van der Waals surface area (Å²) >= 11 is 0. The molecular formula is C21H31N4O5. The molecule has 1 saturated carbocycles. The SMILES string of the molecule is CC(=O)NC(C(=O)N1CC(=O)C2C1CCN2C(=O)[CH]CC(C)C(N)=O)C1CCCC1. The summed E-state index contributed by atoms with van der Waals surface area (Å²) in [6, 6.07) is -1.65. The molecule has 30 heavy (non-hydrogen) atoms. The first-order chi connectivity index (χ1) is 14.2. The molecule has 1 aliphatic carbocycles. The van der Waals surface area contributed by atoms with E-state index >= 15 is 0 Å². The van der Waals surface area contributed by atoms with Crippen LogP contribution >= 0.6 is 0 Å². The van der Waals surface area contributed by atoms with Gasteiger partial charge in [-0.15, -0.1) is 0 Å². The largest absolute Gasteiger partial charge is 0.369 e. The number of ketones is 1. The van der Waals surface area contributed by atoms with Crippen molar-refractivity contribution >= 4 is 29.4 Å². The molecule has 0 bridgehead atoms. The van der Waals surface area contributed by atoms with Crippen molar-refractivity contribution in [2.45, 2.75) is 70.5 Å². The van der Waals surface area contributed by atoms with Crippen LogP contribution in [0.5, 0.6) is 0 Å². The Bertz CT molecular complexity index is 733. The van der Waals surface area contributed by atoms with Gasteiger partial charge in [0.05, 0.1) is 19.0 Å². The van der Waals surface area contributed by atoms with E-state index in [1.807, 2.05) is 0 Å². The van der Waals surface area contributed by atoms with Crippen LogP contribution in [-0.2, 0) is 24.0 Å². The highest BCUT2D eigenvalue weighted by Gasteiger charge is 2.52. The predicted molar refractivity (Wildman–Crippen MR) is 107 cm³/mol. The number of primary amides is 1. The number of nitrogens with zero attached hydrogens (tertiary/aromatic N) is 2. The molecule has 3 N–H and O–H groups in total. The normalized spacial score (nSPS) is 25.9. The van der Waals surface area contributed by atoms with Gasteiger partial charge in [-0.2, -0.15) is 0 Å². The maximum atomic E-state index is 13.3. The van der Waals surface area contributed by atoms with Gasteiger partial charge < -0.3 is 20.9 Å². The molecule has 9 nitrogen and oxygen atoms in total. The number of rotatable bonds is 7. The minimum Gasteiger partial charge on any atom is -0.369 e. The van der Waals surface area contributed by atoms with Gasteiger partial charge in [-0.05, 0) is 31.6 Å². The topological polar surface area (TPSA) is 130 Å². The molecule has 3 aliphatic rings. The van der Waals surface area contributed by atoms with Crippen LogP contribution in [0.3, 0.4) is 0 Å². The summed E-state index contributed by atoms with van der Waals surface area (Å²) in [7, 11) is 0. The average Bonchev–Trinajstić information content (AvgIpc) is 3.41. The second-order valence-corrected chi connectivity index (χ2v) is 8.73. The molecule has 4 unspecified atom stereocenters. The summed E-state index contributed by atoms with van der Waals surface area (Å²) in [5, 5.41) is 2.80.